The molecule has 2 aliphatic rings. The van der Waals surface area contributed by atoms with Gasteiger partial charge >= 0.3 is 0 Å². The SMILES string of the molecule is Cc1ccc(N(c2ccccc2)c2ccc3ccc4c(N(c5ccccc5)c5ccc(C)cc5)ccc5ccc2c3c54)cc1.Cc1ccccc1-c1ccc(-c2ccc3c(c2)C2(c4cc(-c5ccc(-c6ccccc6C)cc5)ccc4-3)c3cc(-c4ccc(-c5ccccc5C)cc4)ccc3-c3ccc(-c4ccc(-c5ccccc5C)cc4)cc32)cc1. The van der Waals surface area contributed by atoms with Crippen LogP contribution in [0.5, 0.6) is 0 Å². The first kappa shape index (κ1) is 73.6. The first-order valence-corrected chi connectivity index (χ1v) is 42.2. The fourth-order valence-corrected chi connectivity index (χ4v) is 19.5. The predicted octanol–water partition coefficient (Wildman–Crippen LogP) is 32.7. The average molecular weight is 1550 g/mol. The molecule has 0 amide bonds. The van der Waals surface area contributed by atoms with E-state index in [4.69, 9.17) is 0 Å². The van der Waals surface area contributed by atoms with Gasteiger partial charge < -0.3 is 9.80 Å². The van der Waals surface area contributed by atoms with Gasteiger partial charge in [-0.15, -0.1) is 0 Å². The first-order valence-electron chi connectivity index (χ1n) is 42.2. The summed E-state index contributed by atoms with van der Waals surface area (Å²) in [5.74, 6) is 0. The predicted molar refractivity (Wildman–Crippen MR) is 514 cm³/mol. The zero-order chi connectivity index (χ0) is 81.4. The Morgan fingerprint density at radius 2 is 0.405 bits per heavy atom. The summed E-state index contributed by atoms with van der Waals surface area (Å²) in [6, 6.07) is 158. The van der Waals surface area contributed by atoms with E-state index in [1.807, 2.05) is 0 Å². The van der Waals surface area contributed by atoms with Crippen molar-refractivity contribution in [3.05, 3.63) is 480 Å². The molecule has 20 aromatic carbocycles. The highest BCUT2D eigenvalue weighted by atomic mass is 15.1. The molecule has 2 aliphatic carbocycles. The van der Waals surface area contributed by atoms with E-state index in [0.29, 0.717) is 0 Å². The normalized spacial score (nSPS) is 12.1. The Hall–Kier alpha value is -15.0. The van der Waals surface area contributed by atoms with Gasteiger partial charge in [-0.3, -0.25) is 0 Å². The minimum atomic E-state index is -0.641. The number of rotatable bonds is 14. The van der Waals surface area contributed by atoms with Gasteiger partial charge in [-0.2, -0.15) is 0 Å². The smallest absolute Gasteiger partial charge is 0.0726 e. The van der Waals surface area contributed by atoms with Crippen molar-refractivity contribution in [2.45, 2.75) is 47.0 Å². The lowest BCUT2D eigenvalue weighted by Gasteiger charge is -2.32. The van der Waals surface area contributed by atoms with Crippen LogP contribution in [0.2, 0.25) is 0 Å². The minimum Gasteiger partial charge on any atom is -0.310 e. The van der Waals surface area contributed by atoms with E-state index in [-0.39, 0.29) is 0 Å². The molecule has 0 fully saturated rings. The van der Waals surface area contributed by atoms with Crippen LogP contribution in [-0.2, 0) is 5.41 Å². The quantitative estimate of drug-likeness (QED) is 0.100. The third kappa shape index (κ3) is 13.0. The van der Waals surface area contributed by atoms with Crippen molar-refractivity contribution in [2.24, 2.45) is 0 Å². The second-order valence-electron chi connectivity index (χ2n) is 33.0. The number of fused-ring (bicyclic) bond motifs is 10. The molecular formula is C119H88N2. The molecule has 20 aromatic rings. The van der Waals surface area contributed by atoms with Crippen molar-refractivity contribution in [1.82, 2.24) is 0 Å². The number of hydrogen-bond acceptors (Lipinski definition) is 2. The molecule has 0 bridgehead atoms. The topological polar surface area (TPSA) is 6.48 Å². The van der Waals surface area contributed by atoms with Crippen LogP contribution in [0, 0.1) is 41.5 Å². The van der Waals surface area contributed by atoms with Gasteiger partial charge in [0.15, 0.2) is 0 Å². The third-order valence-electron chi connectivity index (χ3n) is 25.7. The van der Waals surface area contributed by atoms with Crippen LogP contribution in [0.4, 0.5) is 34.1 Å². The van der Waals surface area contributed by atoms with Crippen LogP contribution in [0.25, 0.3) is 144 Å². The van der Waals surface area contributed by atoms with Gasteiger partial charge in [0.1, 0.15) is 0 Å². The van der Waals surface area contributed by atoms with Gasteiger partial charge in [0.25, 0.3) is 0 Å². The second-order valence-corrected chi connectivity index (χ2v) is 33.0. The molecule has 0 aliphatic heterocycles. The van der Waals surface area contributed by atoms with Crippen molar-refractivity contribution in [3.63, 3.8) is 0 Å². The highest BCUT2D eigenvalue weighted by Crippen LogP contribution is 2.65. The minimum absolute atomic E-state index is 0.641. The van der Waals surface area contributed by atoms with Crippen LogP contribution in [0.3, 0.4) is 0 Å². The lowest BCUT2D eigenvalue weighted by atomic mass is 9.69. The molecule has 0 atom stereocenters. The molecule has 0 heterocycles. The van der Waals surface area contributed by atoms with Gasteiger partial charge in [-0.1, -0.05) is 351 Å². The molecular weight excluding hydrogens is 1460 g/mol. The Morgan fingerprint density at radius 1 is 0.174 bits per heavy atom. The number of nitrogens with zero attached hydrogens (tertiary/aromatic N) is 2. The first-order chi connectivity index (χ1) is 59.4. The molecule has 2 nitrogen and oxygen atoms in total. The van der Waals surface area contributed by atoms with Crippen LogP contribution >= 0.6 is 0 Å². The van der Waals surface area contributed by atoms with Gasteiger partial charge in [0.05, 0.1) is 16.8 Å². The number of hydrogen-bond donors (Lipinski definition) is 0. The van der Waals surface area contributed by atoms with E-state index in [0.717, 1.165) is 22.7 Å². The fraction of sp³-hybridized carbons (Fsp3) is 0.0588. The summed E-state index contributed by atoms with van der Waals surface area (Å²) >= 11 is 0. The monoisotopic (exact) mass is 1540 g/mol. The van der Waals surface area contributed by atoms with Crippen molar-refractivity contribution in [2.75, 3.05) is 9.80 Å². The molecule has 574 valence electrons. The van der Waals surface area contributed by atoms with Crippen LogP contribution in [0.15, 0.2) is 425 Å². The van der Waals surface area contributed by atoms with E-state index < -0.39 is 5.41 Å². The Labute approximate surface area is 709 Å². The van der Waals surface area contributed by atoms with Crippen molar-refractivity contribution in [3.8, 4) is 111 Å². The second kappa shape index (κ2) is 30.5. The summed E-state index contributed by atoms with van der Waals surface area (Å²) in [6.07, 6.45) is 0. The Kier molecular flexibility index (Phi) is 18.6. The third-order valence-corrected chi connectivity index (χ3v) is 25.7. The van der Waals surface area contributed by atoms with Gasteiger partial charge in [-0.25, -0.2) is 0 Å². The maximum atomic E-state index is 2.53. The Morgan fingerprint density at radius 3 is 0.678 bits per heavy atom. The van der Waals surface area contributed by atoms with Gasteiger partial charge in [0.2, 0.25) is 0 Å². The van der Waals surface area contributed by atoms with Gasteiger partial charge in [-0.05, 0) is 304 Å². The highest BCUT2D eigenvalue weighted by molar-refractivity contribution is 6.28. The van der Waals surface area contributed by atoms with E-state index in [2.05, 4.69) is 476 Å². The molecule has 0 unspecified atom stereocenters. The maximum absolute atomic E-state index is 2.53. The number of aryl methyl sites for hydroxylation is 6. The Balaban J connectivity index is 0.000000174. The lowest BCUT2D eigenvalue weighted by Crippen LogP contribution is -2.26. The van der Waals surface area contributed by atoms with Gasteiger partial charge in [0, 0.05) is 33.5 Å². The highest BCUT2D eigenvalue weighted by Gasteiger charge is 2.52. The molecule has 1 spiro atoms. The zero-order valence-corrected chi connectivity index (χ0v) is 68.8. The summed E-state index contributed by atoms with van der Waals surface area (Å²) in [5.41, 5.74) is 43.9. The largest absolute Gasteiger partial charge is 0.310 e. The Bertz CT molecular complexity index is 6600. The molecule has 0 saturated heterocycles. The van der Waals surface area contributed by atoms with E-state index in [1.165, 1.54) is 211 Å². The van der Waals surface area contributed by atoms with E-state index in [1.54, 1.807) is 0 Å². The summed E-state index contributed by atoms with van der Waals surface area (Å²) in [4.78, 5) is 4.77. The molecule has 0 aromatic heterocycles. The van der Waals surface area contributed by atoms with E-state index in [9.17, 15) is 0 Å². The summed E-state index contributed by atoms with van der Waals surface area (Å²) in [5, 5.41) is 7.57. The number of anilines is 6. The molecule has 121 heavy (non-hydrogen) atoms. The number of benzene rings is 20. The van der Waals surface area contributed by atoms with Crippen LogP contribution in [-0.4, -0.2) is 0 Å². The zero-order valence-electron chi connectivity index (χ0n) is 68.8. The van der Waals surface area contributed by atoms with Crippen molar-refractivity contribution < 1.29 is 0 Å². The van der Waals surface area contributed by atoms with E-state index >= 15 is 0 Å². The molecule has 2 heteroatoms. The fourth-order valence-electron chi connectivity index (χ4n) is 19.5. The molecule has 0 N–H and O–H groups in total. The molecule has 22 rings (SSSR count). The summed E-state index contributed by atoms with van der Waals surface area (Å²) < 4.78 is 0. The van der Waals surface area contributed by atoms with Crippen LogP contribution in [0.1, 0.15) is 55.6 Å². The average Bonchev–Trinajstić information content (AvgIpc) is 1.50. The van der Waals surface area contributed by atoms with Crippen LogP contribution < -0.4 is 9.80 Å². The van der Waals surface area contributed by atoms with Crippen molar-refractivity contribution in [1.29, 1.82) is 0 Å². The molecule has 0 radical (unpaired) electrons. The number of para-hydroxylation sites is 2. The summed E-state index contributed by atoms with van der Waals surface area (Å²) in [6.45, 7) is 13.1. The lowest BCUT2D eigenvalue weighted by molar-refractivity contribution is 0.795. The van der Waals surface area contributed by atoms with Crippen molar-refractivity contribution >= 4 is 66.4 Å². The maximum Gasteiger partial charge on any atom is 0.0726 e. The summed E-state index contributed by atoms with van der Waals surface area (Å²) in [7, 11) is 0. The molecule has 0 saturated carbocycles. The standard InChI is InChI=1S/C77H56.C42H32N2/c1-49-13-5-9-17-65(49)57-29-21-53(22-30-57)61-37-41-69-70-42-38-62(54-23-31-58(32-24-54)66-18-10-6-14-50(66)2)46-74(70)77(73(69)45-61)75-47-63(55-25-33-59(34-26-55)67-19-11-7-15-51(67)3)39-43-71(75)72-44-40-64(48-76(72)77)56-27-35-60(36-28-56)68-20-12-8-16-52(68)4;1-29-13-21-35(22-14-29)43(33-9-5-3-6-10-33)39-27-19-31-18-26-38-40(28-20-32-17-25-37(39)41(31)42(32)38)44(34-11-7-4-8-12-34)36-23-15-30(2)16-24-36/h5-48H,1-4H3;3-28H,1-2H3.